The van der Waals surface area contributed by atoms with E-state index in [4.69, 9.17) is 6.42 Å². The van der Waals surface area contributed by atoms with Crippen LogP contribution in [0.2, 0.25) is 0 Å². The van der Waals surface area contributed by atoms with E-state index in [9.17, 15) is 18.0 Å². The predicted octanol–water partition coefficient (Wildman–Crippen LogP) is 14.3. The lowest BCUT2D eigenvalue weighted by molar-refractivity contribution is 0.0788. The van der Waals surface area contributed by atoms with Gasteiger partial charge in [0.15, 0.2) is 15.6 Å². The number of anilines is 5. The summed E-state index contributed by atoms with van der Waals surface area (Å²) in [7, 11) is -2.80. The molecule has 1 unspecified atom stereocenters. The Kier molecular flexibility index (Phi) is 29.0. The van der Waals surface area contributed by atoms with E-state index in [-0.39, 0.29) is 11.2 Å². The number of terminal acetylenes is 1. The predicted molar refractivity (Wildman–Crippen MR) is 423 cm³/mol. The molecule has 6 saturated heterocycles. The Morgan fingerprint density at radius 1 is 0.490 bits per heavy atom. The Morgan fingerprint density at radius 3 is 1.33 bits per heavy atom. The number of benzene rings is 5. The Bertz CT molecular complexity index is 3580. The third kappa shape index (κ3) is 21.9. The zero-order valence-electron chi connectivity index (χ0n) is 63.0. The lowest BCUT2D eigenvalue weighted by Gasteiger charge is -2.33. The van der Waals surface area contributed by atoms with E-state index in [2.05, 4.69) is 231 Å². The number of Topliss-reactive ketones (excluding diaryl/α,β-unsaturated/α-hetero) is 1. The molecule has 4 N–H and O–H groups in total. The number of nitrogens with zero attached hydrogens (tertiary/aromatic N) is 6. The van der Waals surface area contributed by atoms with Crippen LogP contribution in [0.4, 0.5) is 28.4 Å². The standard InChI is InChI=1S/C19H29N3O.C18H27NO2S.C17H24N2O.C16H24N2.C15H20N2/c1-14(2)16-4-5-18(21-10-7-20-8-11-21)17(12-16)19(23)22-9-6-15(3)13-22;1-14(2)16-3-5-17(6-4-16)19-11-9-15(10-12-19)13-22(20,21)18-7-8-18;1-12(2)14-5-6-16(19-9-7-18-8-10-19)15(11-14)17(20)13-3-4-13;1-4-5-15-12-14(13(2)3)6-7-16(15)18-10-8-17-9-11-18;1-4-13-11-14(12(2)3)5-6-15(13)17-9-7-16-8-10-17/h4-5,12,14-15,20H,6-11,13H2,1-3H3;3-6,14-15,18H,7-13H2,1-2H3;5-6,11-13,18H,3-4,7-10H2,1-2H3;4,6-7,12-13,17H,1,5,8-11H2,2-3H3;1,5-6,11-12,16H,7-10H2,2-3H3. The van der Waals surface area contributed by atoms with Crippen LogP contribution in [-0.4, -0.2) is 167 Å². The zero-order chi connectivity index (χ0) is 71.5. The number of amides is 1. The molecule has 1 atom stereocenters. The smallest absolute Gasteiger partial charge is 0.255 e. The minimum Gasteiger partial charge on any atom is -0.372 e. The monoisotopic (exact) mass is 1380 g/mol. The third-order valence-corrected chi connectivity index (χ3v) is 23.8. The van der Waals surface area contributed by atoms with Gasteiger partial charge in [0.05, 0.1) is 22.3 Å². The summed E-state index contributed by atoms with van der Waals surface area (Å²) < 4.78 is 24.2. The molecule has 15 heteroatoms. The fraction of sp³-hybridized carbons (Fsp3) is 0.576. The molecule has 6 aliphatic heterocycles. The van der Waals surface area contributed by atoms with Crippen molar-refractivity contribution in [3.8, 4) is 12.3 Å². The van der Waals surface area contributed by atoms with Gasteiger partial charge in [0.2, 0.25) is 0 Å². The molecule has 0 radical (unpaired) electrons. The van der Waals surface area contributed by atoms with Gasteiger partial charge in [-0.2, -0.15) is 0 Å². The highest BCUT2D eigenvalue weighted by Gasteiger charge is 2.38. The summed E-state index contributed by atoms with van der Waals surface area (Å²) in [6, 6.07) is 35.2. The van der Waals surface area contributed by atoms with Crippen molar-refractivity contribution in [3.63, 3.8) is 0 Å². The van der Waals surface area contributed by atoms with E-state index >= 15 is 0 Å². The van der Waals surface area contributed by atoms with Crippen LogP contribution in [0.1, 0.15) is 210 Å². The summed E-state index contributed by atoms with van der Waals surface area (Å²) in [5.74, 6) is 7.67. The molecule has 14 nitrogen and oxygen atoms in total. The number of likely N-dealkylation sites (tertiary alicyclic amines) is 1. The van der Waals surface area contributed by atoms with E-state index in [0.717, 1.165) is 210 Å². The number of piperazine rings is 4. The first-order valence-electron chi connectivity index (χ1n) is 38.5. The summed E-state index contributed by atoms with van der Waals surface area (Å²) in [5.41, 5.74) is 17.0. The number of nitrogens with one attached hydrogen (secondary N) is 4. The third-order valence-electron chi connectivity index (χ3n) is 21.4. The molecule has 8 aliphatic rings. The largest absolute Gasteiger partial charge is 0.372 e. The summed E-state index contributed by atoms with van der Waals surface area (Å²) in [4.78, 5) is 39.7. The lowest BCUT2D eigenvalue weighted by Crippen LogP contribution is -2.44. The lowest BCUT2D eigenvalue weighted by atomic mass is 9.95. The number of ketones is 1. The van der Waals surface area contributed by atoms with Crippen molar-refractivity contribution in [2.75, 3.05) is 161 Å². The summed E-state index contributed by atoms with van der Waals surface area (Å²) >= 11 is 0. The van der Waals surface area contributed by atoms with E-state index in [1.54, 1.807) is 0 Å². The number of carbonyl (C=O) groups excluding carboxylic acids is 2. The van der Waals surface area contributed by atoms with Gasteiger partial charge in [-0.05, 0) is 181 Å². The second-order valence-electron chi connectivity index (χ2n) is 30.9. The molecule has 8 fully saturated rings. The highest BCUT2D eigenvalue weighted by Crippen LogP contribution is 2.38. The van der Waals surface area contributed by atoms with Gasteiger partial charge in [0.25, 0.3) is 5.91 Å². The van der Waals surface area contributed by atoms with Gasteiger partial charge >= 0.3 is 0 Å². The summed E-state index contributed by atoms with van der Waals surface area (Å²) in [5, 5.41) is 13.5. The van der Waals surface area contributed by atoms with Gasteiger partial charge in [0.1, 0.15) is 0 Å². The minimum absolute atomic E-state index is 0.00546. The van der Waals surface area contributed by atoms with E-state index in [1.165, 1.54) is 50.4 Å². The molecule has 544 valence electrons. The Hall–Kier alpha value is -6.67. The average Bonchev–Trinajstić information content (AvgIpc) is 1.19. The van der Waals surface area contributed by atoms with Crippen molar-refractivity contribution in [3.05, 3.63) is 160 Å². The molecule has 0 spiro atoms. The Labute approximate surface area is 604 Å². The SMILES string of the molecule is C#Cc1cc(C(C)C)ccc1N1CCNCC1.C=CCc1cc(C(C)C)ccc1N1CCNCC1.CC(C)c1ccc(N2CCC(CS(=O)(=O)C3CC3)CC2)cc1.CC(C)c1ccc(N2CCNCC2)c(C(=O)C2CC2)c1.CC1CCN(C(=O)c2cc(C(C)C)ccc2N2CCNCC2)C1. The quantitative estimate of drug-likeness (QED) is 0.0377. The van der Waals surface area contributed by atoms with Crippen molar-refractivity contribution in [2.24, 2.45) is 17.8 Å². The van der Waals surface area contributed by atoms with E-state index < -0.39 is 9.84 Å². The van der Waals surface area contributed by atoms with Crippen LogP contribution in [0, 0.1) is 30.1 Å². The maximum absolute atomic E-state index is 13.1. The zero-order valence-corrected chi connectivity index (χ0v) is 63.8. The number of hydrogen-bond acceptors (Lipinski definition) is 13. The molecule has 5 aromatic rings. The van der Waals surface area contributed by atoms with Crippen molar-refractivity contribution >= 4 is 50.0 Å². The molecule has 6 heterocycles. The first kappa shape index (κ1) is 77.5. The van der Waals surface area contributed by atoms with Gasteiger partial charge in [-0.3, -0.25) is 9.59 Å². The molecule has 0 aromatic heterocycles. The highest BCUT2D eigenvalue weighted by molar-refractivity contribution is 7.92. The van der Waals surface area contributed by atoms with E-state index in [0.29, 0.717) is 58.9 Å². The van der Waals surface area contributed by atoms with Gasteiger partial charge in [-0.1, -0.05) is 131 Å². The Morgan fingerprint density at radius 2 is 0.900 bits per heavy atom. The molecule has 2 saturated carbocycles. The normalized spacial score (nSPS) is 19.1. The molecule has 0 bridgehead atoms. The maximum atomic E-state index is 13.1. The van der Waals surface area contributed by atoms with Gasteiger partial charge in [-0.15, -0.1) is 13.0 Å². The molecule has 100 heavy (non-hydrogen) atoms. The molecule has 13 rings (SSSR count). The number of hydrogen-bond donors (Lipinski definition) is 4. The van der Waals surface area contributed by atoms with Gasteiger partial charge in [0, 0.05) is 171 Å². The molecular formula is C85H124N10O4S. The fourth-order valence-corrected chi connectivity index (χ4v) is 16.6. The molecular weight excluding hydrogens is 1260 g/mol. The number of allylic oxidation sites excluding steroid dienone is 1. The second kappa shape index (κ2) is 37.5. The number of rotatable bonds is 18. The van der Waals surface area contributed by atoms with Crippen LogP contribution in [0.25, 0.3) is 0 Å². The topological polar surface area (TPSA) is 136 Å². The molecule has 1 amide bonds. The number of piperidine rings is 1. The van der Waals surface area contributed by atoms with Crippen molar-refractivity contribution in [1.82, 2.24) is 26.2 Å². The maximum Gasteiger partial charge on any atom is 0.255 e. The van der Waals surface area contributed by atoms with E-state index in [1.807, 2.05) is 11.0 Å². The summed E-state index contributed by atoms with van der Waals surface area (Å²) in [6.45, 7) is 48.3. The van der Waals surface area contributed by atoms with Crippen molar-refractivity contribution in [1.29, 1.82) is 0 Å². The first-order chi connectivity index (χ1) is 48.1. The fourth-order valence-electron chi connectivity index (χ4n) is 14.4. The van der Waals surface area contributed by atoms with Crippen LogP contribution in [0.3, 0.4) is 0 Å². The van der Waals surface area contributed by atoms with Crippen LogP contribution < -0.4 is 45.8 Å². The molecule has 2 aliphatic carbocycles. The highest BCUT2D eigenvalue weighted by atomic mass is 32.2. The second-order valence-corrected chi connectivity index (χ2v) is 33.2. The molecule has 5 aromatic carbocycles. The number of carbonyl (C=O) groups is 2. The first-order valence-corrected chi connectivity index (χ1v) is 40.2. The number of sulfone groups is 1. The average molecular weight is 1380 g/mol. The van der Waals surface area contributed by atoms with Crippen LogP contribution >= 0.6 is 0 Å². The van der Waals surface area contributed by atoms with Gasteiger partial charge in [-0.25, -0.2) is 8.42 Å². The van der Waals surface area contributed by atoms with Crippen LogP contribution in [-0.2, 0) is 16.3 Å². The van der Waals surface area contributed by atoms with Crippen molar-refractivity contribution in [2.45, 2.75) is 162 Å². The van der Waals surface area contributed by atoms with Crippen LogP contribution in [0.15, 0.2) is 110 Å². The summed E-state index contributed by atoms with van der Waals surface area (Å²) in [6.07, 6.45) is 15.7. The Balaban J connectivity index is 0.000000146. The van der Waals surface area contributed by atoms with Gasteiger partial charge < -0.3 is 50.7 Å². The minimum atomic E-state index is -2.80. The van der Waals surface area contributed by atoms with Crippen molar-refractivity contribution < 1.29 is 18.0 Å². The van der Waals surface area contributed by atoms with Crippen LogP contribution in [0.5, 0.6) is 0 Å².